The van der Waals surface area contributed by atoms with E-state index in [-0.39, 0.29) is 18.3 Å². The number of nitrogens with zero attached hydrogens (tertiary/aromatic N) is 4. The minimum atomic E-state index is -0.189. The number of aromatic nitrogens is 4. The lowest BCUT2D eigenvalue weighted by atomic mass is 10.2. The zero-order chi connectivity index (χ0) is 23.4. The Morgan fingerprint density at radius 3 is 2.64 bits per heavy atom. The van der Waals surface area contributed by atoms with E-state index < -0.39 is 0 Å². The smallest absolute Gasteiger partial charge is 0.236 e. The van der Waals surface area contributed by atoms with E-state index in [0.29, 0.717) is 36.9 Å². The van der Waals surface area contributed by atoms with Crippen molar-refractivity contribution in [3.8, 4) is 17.0 Å². The highest BCUT2D eigenvalue weighted by Crippen LogP contribution is 2.29. The standard InChI is InChI=1S/C21H16Cl3N5O2S2/c1-29-18(9-31-17-7-6-14(23)8-15(17)24)27-28-21(29)33-11-19(30)26-20-25-16(10-32-20)12-2-4-13(22)5-3-12/h2-8,10H,9,11H2,1H3,(H,25,26,30). The first kappa shape index (κ1) is 23.8. The number of ether oxygens (including phenoxy) is 1. The number of benzene rings is 2. The Hall–Kier alpha value is -2.30. The number of thiazole rings is 1. The minimum Gasteiger partial charge on any atom is -0.484 e. The maximum absolute atomic E-state index is 12.4. The summed E-state index contributed by atoms with van der Waals surface area (Å²) >= 11 is 20.6. The fourth-order valence-corrected chi connectivity index (χ4v) is 4.76. The first-order valence-corrected chi connectivity index (χ1v) is 12.5. The van der Waals surface area contributed by atoms with Gasteiger partial charge in [0.15, 0.2) is 16.1 Å². The summed E-state index contributed by atoms with van der Waals surface area (Å²) in [6.45, 7) is 0.171. The van der Waals surface area contributed by atoms with Crippen LogP contribution < -0.4 is 10.1 Å². The van der Waals surface area contributed by atoms with Crippen LogP contribution >= 0.6 is 57.9 Å². The number of carbonyl (C=O) groups excluding carboxylic acids is 1. The highest BCUT2D eigenvalue weighted by Gasteiger charge is 2.14. The molecule has 2 heterocycles. The van der Waals surface area contributed by atoms with Crippen LogP contribution in [0.3, 0.4) is 0 Å². The number of nitrogens with one attached hydrogen (secondary N) is 1. The highest BCUT2D eigenvalue weighted by molar-refractivity contribution is 7.99. The summed E-state index contributed by atoms with van der Waals surface area (Å²) in [7, 11) is 1.81. The second kappa shape index (κ2) is 10.8. The summed E-state index contributed by atoms with van der Waals surface area (Å²) in [4.78, 5) is 16.8. The van der Waals surface area contributed by atoms with Crippen molar-refractivity contribution in [2.24, 2.45) is 7.05 Å². The first-order valence-electron chi connectivity index (χ1n) is 9.49. The second-order valence-electron chi connectivity index (χ2n) is 6.70. The maximum Gasteiger partial charge on any atom is 0.236 e. The van der Waals surface area contributed by atoms with Crippen LogP contribution in [0.2, 0.25) is 15.1 Å². The van der Waals surface area contributed by atoms with Crippen molar-refractivity contribution in [2.75, 3.05) is 11.1 Å². The molecule has 170 valence electrons. The number of halogens is 3. The van der Waals surface area contributed by atoms with Crippen LogP contribution in [0, 0.1) is 0 Å². The molecule has 0 fully saturated rings. The number of hydrogen-bond acceptors (Lipinski definition) is 7. The van der Waals surface area contributed by atoms with Gasteiger partial charge in [0.25, 0.3) is 0 Å². The van der Waals surface area contributed by atoms with Gasteiger partial charge in [0, 0.05) is 28.0 Å². The lowest BCUT2D eigenvalue weighted by Gasteiger charge is -2.08. The van der Waals surface area contributed by atoms with Crippen molar-refractivity contribution >= 4 is 68.9 Å². The molecule has 1 N–H and O–H groups in total. The molecule has 7 nitrogen and oxygen atoms in total. The molecule has 4 rings (SSSR count). The molecule has 0 aliphatic heterocycles. The number of carbonyl (C=O) groups is 1. The van der Waals surface area contributed by atoms with E-state index in [9.17, 15) is 4.79 Å². The van der Waals surface area contributed by atoms with Crippen LogP contribution in [-0.4, -0.2) is 31.4 Å². The van der Waals surface area contributed by atoms with Crippen LogP contribution in [-0.2, 0) is 18.4 Å². The minimum absolute atomic E-state index is 0.158. The Morgan fingerprint density at radius 1 is 1.12 bits per heavy atom. The summed E-state index contributed by atoms with van der Waals surface area (Å²) in [6.07, 6.45) is 0. The van der Waals surface area contributed by atoms with Gasteiger partial charge < -0.3 is 14.6 Å². The van der Waals surface area contributed by atoms with Crippen LogP contribution in [0.15, 0.2) is 53.0 Å². The summed E-state index contributed by atoms with van der Waals surface area (Å²) in [6, 6.07) is 12.4. The first-order chi connectivity index (χ1) is 15.9. The Bertz CT molecular complexity index is 1280. The molecule has 0 radical (unpaired) electrons. The second-order valence-corrected chi connectivity index (χ2v) is 9.78. The highest BCUT2D eigenvalue weighted by atomic mass is 35.5. The monoisotopic (exact) mass is 539 g/mol. The third-order valence-electron chi connectivity index (χ3n) is 4.40. The van der Waals surface area contributed by atoms with Gasteiger partial charge in [-0.1, -0.05) is 58.7 Å². The normalized spacial score (nSPS) is 10.9. The molecular weight excluding hydrogens is 525 g/mol. The van der Waals surface area contributed by atoms with Gasteiger partial charge >= 0.3 is 0 Å². The topological polar surface area (TPSA) is 81.9 Å². The molecule has 1 amide bonds. The van der Waals surface area contributed by atoms with Crippen LogP contribution in [0.1, 0.15) is 5.82 Å². The zero-order valence-electron chi connectivity index (χ0n) is 17.1. The molecule has 0 aliphatic rings. The van der Waals surface area contributed by atoms with Crippen molar-refractivity contribution < 1.29 is 9.53 Å². The Labute approximate surface area is 213 Å². The lowest BCUT2D eigenvalue weighted by molar-refractivity contribution is -0.113. The summed E-state index contributed by atoms with van der Waals surface area (Å²) in [5, 5.41) is 15.7. The largest absolute Gasteiger partial charge is 0.484 e. The van der Waals surface area contributed by atoms with Gasteiger partial charge in [0.1, 0.15) is 12.4 Å². The van der Waals surface area contributed by atoms with E-state index in [1.165, 1.54) is 23.1 Å². The molecule has 12 heteroatoms. The summed E-state index contributed by atoms with van der Waals surface area (Å²) in [5.74, 6) is 1.06. The summed E-state index contributed by atoms with van der Waals surface area (Å²) in [5.41, 5.74) is 1.71. The van der Waals surface area contributed by atoms with Crippen molar-refractivity contribution in [1.29, 1.82) is 0 Å². The molecular formula is C21H16Cl3N5O2S2. The van der Waals surface area contributed by atoms with Gasteiger partial charge in [0.2, 0.25) is 5.91 Å². The van der Waals surface area contributed by atoms with Gasteiger partial charge in [-0.3, -0.25) is 4.79 Å². The van der Waals surface area contributed by atoms with Gasteiger partial charge in [-0.2, -0.15) is 0 Å². The molecule has 33 heavy (non-hydrogen) atoms. The van der Waals surface area contributed by atoms with E-state index in [1.807, 2.05) is 24.6 Å². The van der Waals surface area contributed by atoms with E-state index >= 15 is 0 Å². The zero-order valence-corrected chi connectivity index (χ0v) is 21.0. The van der Waals surface area contributed by atoms with Crippen molar-refractivity contribution in [1.82, 2.24) is 19.7 Å². The number of anilines is 1. The lowest BCUT2D eigenvalue weighted by Crippen LogP contribution is -2.14. The van der Waals surface area contributed by atoms with E-state index in [4.69, 9.17) is 39.5 Å². The molecule has 0 aliphatic carbocycles. The molecule has 0 unspecified atom stereocenters. The fraction of sp³-hybridized carbons (Fsp3) is 0.143. The van der Waals surface area contributed by atoms with Gasteiger partial charge in [-0.15, -0.1) is 21.5 Å². The average molecular weight is 541 g/mol. The maximum atomic E-state index is 12.4. The Balaban J connectivity index is 1.30. The van der Waals surface area contributed by atoms with E-state index in [2.05, 4.69) is 20.5 Å². The third kappa shape index (κ3) is 6.18. The number of hydrogen-bond donors (Lipinski definition) is 1. The van der Waals surface area contributed by atoms with Crippen LogP contribution in [0.5, 0.6) is 5.75 Å². The van der Waals surface area contributed by atoms with Gasteiger partial charge in [0.05, 0.1) is 16.5 Å². The average Bonchev–Trinajstić information content (AvgIpc) is 3.39. The Kier molecular flexibility index (Phi) is 7.77. The number of amides is 1. The molecule has 4 aromatic rings. The summed E-state index contributed by atoms with van der Waals surface area (Å²) < 4.78 is 7.47. The van der Waals surface area contributed by atoms with Gasteiger partial charge in [-0.05, 0) is 30.3 Å². The molecule has 0 saturated carbocycles. The number of thioether (sulfide) groups is 1. The van der Waals surface area contributed by atoms with Crippen LogP contribution in [0.25, 0.3) is 11.3 Å². The van der Waals surface area contributed by atoms with E-state index in [0.717, 1.165) is 11.3 Å². The van der Waals surface area contributed by atoms with E-state index in [1.54, 1.807) is 34.9 Å². The molecule has 0 atom stereocenters. The SMILES string of the molecule is Cn1c(COc2ccc(Cl)cc2Cl)nnc1SCC(=O)Nc1nc(-c2ccc(Cl)cc2)cs1. The molecule has 2 aromatic heterocycles. The quantitative estimate of drug-likeness (QED) is 0.268. The predicted octanol–water partition coefficient (Wildman–Crippen LogP) is 6.21. The Morgan fingerprint density at radius 2 is 1.88 bits per heavy atom. The van der Waals surface area contributed by atoms with Crippen molar-refractivity contribution in [3.05, 3.63) is 68.7 Å². The van der Waals surface area contributed by atoms with Crippen molar-refractivity contribution in [3.63, 3.8) is 0 Å². The van der Waals surface area contributed by atoms with Crippen LogP contribution in [0.4, 0.5) is 5.13 Å². The predicted molar refractivity (Wildman–Crippen MR) is 134 cm³/mol. The molecule has 0 spiro atoms. The third-order valence-corrected chi connectivity index (χ3v) is 6.96. The molecule has 0 bridgehead atoms. The number of rotatable bonds is 8. The van der Waals surface area contributed by atoms with Crippen molar-refractivity contribution in [2.45, 2.75) is 11.8 Å². The molecule has 2 aromatic carbocycles. The molecule has 0 saturated heterocycles. The van der Waals surface area contributed by atoms with Gasteiger partial charge in [-0.25, -0.2) is 4.98 Å². The fourth-order valence-electron chi connectivity index (χ4n) is 2.70.